The number of phenols is 1. The molecule has 0 aliphatic heterocycles. The van der Waals surface area contributed by atoms with Crippen LogP contribution in [-0.4, -0.2) is 26.0 Å². The Morgan fingerprint density at radius 3 is 2.71 bits per heavy atom. The normalized spacial score (nSPS) is 11.9. The molecule has 2 aromatic carbocycles. The quantitative estimate of drug-likeness (QED) is 0.756. The first-order chi connectivity index (χ1) is 11.6. The summed E-state index contributed by atoms with van der Waals surface area (Å²) in [6.45, 7) is 1.94. The highest BCUT2D eigenvalue weighted by Gasteiger charge is 2.11. The summed E-state index contributed by atoms with van der Waals surface area (Å²) in [6.07, 6.45) is 3.63. The number of carbonyl (C=O) groups is 1. The van der Waals surface area contributed by atoms with Gasteiger partial charge in [0.25, 0.3) is 0 Å². The molecule has 6 heteroatoms. The smallest absolute Gasteiger partial charge is 0.224 e. The van der Waals surface area contributed by atoms with Gasteiger partial charge in [0, 0.05) is 0 Å². The Morgan fingerprint density at radius 2 is 2.04 bits per heavy atom. The molecule has 0 bridgehead atoms. The lowest BCUT2D eigenvalue weighted by Crippen LogP contribution is -2.28. The number of aromatic hydroxyl groups is 1. The number of hydrogen-bond donors (Lipinski definition) is 2. The Balaban J connectivity index is 1.62. The summed E-state index contributed by atoms with van der Waals surface area (Å²) in [5.41, 5.74) is 2.69. The average molecular weight is 322 g/mol. The van der Waals surface area contributed by atoms with Crippen LogP contribution < -0.4 is 5.32 Å². The highest BCUT2D eigenvalue weighted by Crippen LogP contribution is 2.16. The number of amides is 1. The molecule has 24 heavy (non-hydrogen) atoms. The molecule has 0 fully saturated rings. The first-order valence-corrected chi connectivity index (χ1v) is 7.66. The Hall–Kier alpha value is -3.15. The van der Waals surface area contributed by atoms with Crippen LogP contribution in [0.3, 0.4) is 0 Å². The van der Waals surface area contributed by atoms with E-state index in [1.807, 2.05) is 37.3 Å². The van der Waals surface area contributed by atoms with Crippen molar-refractivity contribution >= 4 is 5.91 Å². The lowest BCUT2D eigenvalue weighted by molar-refractivity contribution is -0.121. The van der Waals surface area contributed by atoms with Gasteiger partial charge < -0.3 is 10.4 Å². The van der Waals surface area contributed by atoms with Gasteiger partial charge in [0.15, 0.2) is 0 Å². The van der Waals surface area contributed by atoms with Crippen molar-refractivity contribution in [2.45, 2.75) is 19.4 Å². The molecule has 0 radical (unpaired) electrons. The van der Waals surface area contributed by atoms with Crippen LogP contribution in [-0.2, 0) is 11.2 Å². The van der Waals surface area contributed by atoms with Gasteiger partial charge in [-0.3, -0.25) is 4.79 Å². The zero-order valence-corrected chi connectivity index (χ0v) is 13.3. The highest BCUT2D eigenvalue weighted by atomic mass is 16.3. The fourth-order valence-electron chi connectivity index (χ4n) is 2.49. The first-order valence-electron chi connectivity index (χ1n) is 7.66. The van der Waals surface area contributed by atoms with Crippen molar-refractivity contribution in [2.24, 2.45) is 0 Å². The molecule has 122 valence electrons. The van der Waals surface area contributed by atoms with Crippen molar-refractivity contribution in [3.8, 4) is 11.4 Å². The first kappa shape index (κ1) is 15.7. The van der Waals surface area contributed by atoms with Gasteiger partial charge in [-0.2, -0.15) is 0 Å². The fraction of sp³-hybridized carbons (Fsp3) is 0.167. The monoisotopic (exact) mass is 322 g/mol. The summed E-state index contributed by atoms with van der Waals surface area (Å²) in [5, 5.41) is 20.1. The van der Waals surface area contributed by atoms with E-state index in [9.17, 15) is 9.90 Å². The van der Waals surface area contributed by atoms with E-state index in [4.69, 9.17) is 0 Å². The minimum atomic E-state index is -0.111. The molecule has 1 amide bonds. The zero-order valence-electron chi connectivity index (χ0n) is 13.3. The molecule has 3 aromatic rings. The minimum absolute atomic E-state index is 0.0894. The molecule has 3 rings (SSSR count). The third kappa shape index (κ3) is 3.78. The summed E-state index contributed by atoms with van der Waals surface area (Å²) in [7, 11) is 0. The van der Waals surface area contributed by atoms with E-state index in [0.717, 1.165) is 16.8 Å². The van der Waals surface area contributed by atoms with Crippen LogP contribution in [0.2, 0.25) is 0 Å². The van der Waals surface area contributed by atoms with Crippen molar-refractivity contribution in [3.63, 3.8) is 0 Å². The second kappa shape index (κ2) is 6.95. The lowest BCUT2D eigenvalue weighted by Gasteiger charge is -2.15. The molecule has 0 saturated carbocycles. The standard InChI is InChI=1S/C18H18N4O2/c1-13(20-18(24)12-14-3-2-4-17(23)11-14)15-5-7-16(8-6-15)22-10-9-19-21-22/h2-11,13,23H,12H2,1H3,(H,20,24)/t13-/m1/s1. The number of nitrogens with one attached hydrogen (secondary N) is 1. The zero-order chi connectivity index (χ0) is 16.9. The van der Waals surface area contributed by atoms with Crippen LogP contribution in [0.4, 0.5) is 0 Å². The van der Waals surface area contributed by atoms with E-state index in [2.05, 4.69) is 15.6 Å². The second-order valence-corrected chi connectivity index (χ2v) is 5.58. The van der Waals surface area contributed by atoms with Crippen LogP contribution in [0.15, 0.2) is 60.9 Å². The Labute approximate surface area is 139 Å². The molecule has 2 N–H and O–H groups in total. The van der Waals surface area contributed by atoms with Gasteiger partial charge in [-0.1, -0.05) is 29.5 Å². The predicted molar refractivity (Wildman–Crippen MR) is 89.7 cm³/mol. The van der Waals surface area contributed by atoms with Gasteiger partial charge in [-0.25, -0.2) is 4.68 Å². The molecule has 0 unspecified atom stereocenters. The van der Waals surface area contributed by atoms with Crippen molar-refractivity contribution in [2.75, 3.05) is 0 Å². The molecule has 1 atom stereocenters. The van der Waals surface area contributed by atoms with Gasteiger partial charge in [-0.05, 0) is 42.3 Å². The van der Waals surface area contributed by atoms with E-state index in [1.165, 1.54) is 0 Å². The van der Waals surface area contributed by atoms with Crippen LogP contribution >= 0.6 is 0 Å². The summed E-state index contributed by atoms with van der Waals surface area (Å²) < 4.78 is 1.68. The molecular weight excluding hydrogens is 304 g/mol. The fourth-order valence-corrected chi connectivity index (χ4v) is 2.49. The van der Waals surface area contributed by atoms with Crippen LogP contribution in [0.1, 0.15) is 24.1 Å². The number of nitrogens with zero attached hydrogens (tertiary/aromatic N) is 3. The number of phenolic OH excluding ortho intramolecular Hbond substituents is 1. The van der Waals surface area contributed by atoms with E-state index in [-0.39, 0.29) is 24.1 Å². The van der Waals surface area contributed by atoms with Gasteiger partial charge in [0.05, 0.1) is 30.5 Å². The summed E-state index contributed by atoms with van der Waals surface area (Å²) in [4.78, 5) is 12.1. The SMILES string of the molecule is C[C@@H](NC(=O)Cc1cccc(O)c1)c1ccc(-n2ccnn2)cc1. The molecule has 0 aliphatic carbocycles. The molecular formula is C18H18N4O2. The number of rotatable bonds is 5. The van der Waals surface area contributed by atoms with Gasteiger partial charge >= 0.3 is 0 Å². The third-order valence-corrected chi connectivity index (χ3v) is 3.73. The maximum absolute atomic E-state index is 12.1. The van der Waals surface area contributed by atoms with E-state index < -0.39 is 0 Å². The summed E-state index contributed by atoms with van der Waals surface area (Å²) >= 11 is 0. The van der Waals surface area contributed by atoms with Crippen LogP contribution in [0, 0.1) is 0 Å². The number of hydrogen-bond acceptors (Lipinski definition) is 4. The van der Waals surface area contributed by atoms with E-state index in [0.29, 0.717) is 0 Å². The Morgan fingerprint density at radius 1 is 1.25 bits per heavy atom. The van der Waals surface area contributed by atoms with Crippen molar-refractivity contribution in [1.29, 1.82) is 0 Å². The maximum atomic E-state index is 12.1. The van der Waals surface area contributed by atoms with Crippen LogP contribution in [0.5, 0.6) is 5.75 Å². The van der Waals surface area contributed by atoms with Crippen molar-refractivity contribution in [3.05, 3.63) is 72.1 Å². The largest absolute Gasteiger partial charge is 0.508 e. The molecule has 6 nitrogen and oxygen atoms in total. The lowest BCUT2D eigenvalue weighted by atomic mass is 10.1. The second-order valence-electron chi connectivity index (χ2n) is 5.58. The van der Waals surface area contributed by atoms with Crippen molar-refractivity contribution < 1.29 is 9.90 Å². The number of aromatic nitrogens is 3. The van der Waals surface area contributed by atoms with E-state index in [1.54, 1.807) is 35.3 Å². The van der Waals surface area contributed by atoms with Crippen LogP contribution in [0.25, 0.3) is 5.69 Å². The maximum Gasteiger partial charge on any atom is 0.224 e. The molecule has 1 aromatic heterocycles. The number of carbonyl (C=O) groups excluding carboxylic acids is 1. The van der Waals surface area contributed by atoms with Crippen molar-refractivity contribution in [1.82, 2.24) is 20.3 Å². The third-order valence-electron chi connectivity index (χ3n) is 3.73. The van der Waals surface area contributed by atoms with Gasteiger partial charge in [-0.15, -0.1) is 5.10 Å². The molecule has 0 saturated heterocycles. The average Bonchev–Trinajstić information content (AvgIpc) is 3.09. The Bertz CT molecular complexity index is 813. The molecule has 0 aliphatic rings. The molecule has 0 spiro atoms. The van der Waals surface area contributed by atoms with E-state index >= 15 is 0 Å². The Kier molecular flexibility index (Phi) is 4.56. The highest BCUT2D eigenvalue weighted by molar-refractivity contribution is 5.79. The minimum Gasteiger partial charge on any atom is -0.508 e. The summed E-state index contributed by atoms with van der Waals surface area (Å²) in [5.74, 6) is 0.0745. The van der Waals surface area contributed by atoms with Gasteiger partial charge in [0.1, 0.15) is 5.75 Å². The topological polar surface area (TPSA) is 80.0 Å². The number of benzene rings is 2. The summed E-state index contributed by atoms with van der Waals surface area (Å²) in [6, 6.07) is 14.4. The predicted octanol–water partition coefficient (Wildman–Crippen LogP) is 2.39. The molecule has 1 heterocycles. The van der Waals surface area contributed by atoms with Gasteiger partial charge in [0.2, 0.25) is 5.91 Å².